The van der Waals surface area contributed by atoms with Crippen LogP contribution in [-0.2, 0) is 10.8 Å². The molecule has 0 radical (unpaired) electrons. The molecular weight excluding hydrogens is 765 g/mol. The lowest BCUT2D eigenvalue weighted by molar-refractivity contribution is 0.660. The van der Waals surface area contributed by atoms with Gasteiger partial charge in [0.15, 0.2) is 0 Å². The van der Waals surface area contributed by atoms with Crippen LogP contribution in [0.15, 0.2) is 199 Å². The molecule has 3 heteroatoms. The number of nitrogens with zero attached hydrogens (tertiary/aromatic N) is 2. The van der Waals surface area contributed by atoms with E-state index in [2.05, 4.69) is 225 Å². The largest absolute Gasteiger partial charge is 0.456 e. The molecule has 0 fully saturated rings. The lowest BCUT2D eigenvalue weighted by Gasteiger charge is -2.29. The van der Waals surface area contributed by atoms with Crippen molar-refractivity contribution in [2.45, 2.75) is 38.5 Å². The lowest BCUT2D eigenvalue weighted by Crippen LogP contribution is -2.16. The molecule has 0 aliphatic heterocycles. The van der Waals surface area contributed by atoms with E-state index in [1.54, 1.807) is 0 Å². The van der Waals surface area contributed by atoms with E-state index in [9.17, 15) is 0 Å². The van der Waals surface area contributed by atoms with E-state index in [0.717, 1.165) is 39.0 Å². The van der Waals surface area contributed by atoms with E-state index in [0.29, 0.717) is 0 Å². The third-order valence-corrected chi connectivity index (χ3v) is 14.4. The summed E-state index contributed by atoms with van der Waals surface area (Å²) < 4.78 is 8.94. The molecule has 0 saturated carbocycles. The second kappa shape index (κ2) is 13.0. The Morgan fingerprint density at radius 1 is 0.413 bits per heavy atom. The van der Waals surface area contributed by atoms with Gasteiger partial charge in [0.2, 0.25) is 0 Å². The van der Waals surface area contributed by atoms with E-state index >= 15 is 0 Å². The number of para-hydroxylation sites is 2. The average molecular weight is 809 g/mol. The Bertz CT molecular complexity index is 3680. The first-order valence-electron chi connectivity index (χ1n) is 22.1. The lowest BCUT2D eigenvalue weighted by atomic mass is 9.82. The Balaban J connectivity index is 1.00. The minimum Gasteiger partial charge on any atom is -0.456 e. The summed E-state index contributed by atoms with van der Waals surface area (Å²) in [5, 5.41) is 4.74. The van der Waals surface area contributed by atoms with Gasteiger partial charge in [0.05, 0.1) is 27.8 Å². The van der Waals surface area contributed by atoms with Gasteiger partial charge in [0.1, 0.15) is 11.2 Å². The van der Waals surface area contributed by atoms with Gasteiger partial charge in [-0.05, 0) is 123 Å². The zero-order valence-electron chi connectivity index (χ0n) is 35.8. The third kappa shape index (κ3) is 5.02. The predicted molar refractivity (Wildman–Crippen MR) is 263 cm³/mol. The highest BCUT2D eigenvalue weighted by Crippen LogP contribution is 2.56. The first kappa shape index (κ1) is 36.1. The molecule has 2 aliphatic carbocycles. The van der Waals surface area contributed by atoms with Crippen LogP contribution in [0.1, 0.15) is 49.9 Å². The number of benzene rings is 9. The van der Waals surface area contributed by atoms with Gasteiger partial charge >= 0.3 is 0 Å². The van der Waals surface area contributed by atoms with Gasteiger partial charge in [-0.25, -0.2) is 0 Å². The quantitative estimate of drug-likeness (QED) is 0.173. The summed E-state index contributed by atoms with van der Waals surface area (Å²) in [6.45, 7) is 9.44. The van der Waals surface area contributed by atoms with Gasteiger partial charge in [0.25, 0.3) is 0 Å². The fourth-order valence-electron chi connectivity index (χ4n) is 11.3. The van der Waals surface area contributed by atoms with Crippen LogP contribution in [0.2, 0.25) is 0 Å². The molecule has 0 saturated heterocycles. The summed E-state index contributed by atoms with van der Waals surface area (Å²) in [7, 11) is 0. The highest BCUT2D eigenvalue weighted by Gasteiger charge is 2.39. The molecule has 13 rings (SSSR count). The molecule has 2 heterocycles. The molecule has 0 bridgehead atoms. The van der Waals surface area contributed by atoms with Crippen molar-refractivity contribution in [3.05, 3.63) is 216 Å². The predicted octanol–water partition coefficient (Wildman–Crippen LogP) is 16.4. The SMILES string of the molecule is CC1(C)c2ccccc2-c2cc3c4cc(-c5ccc(N(c6cccc7c6-c6ccccc6C7(C)C)c6cccc7oc8ccccc8c67)cc5)ccc4n(-c4ccccc4)c3cc21. The molecule has 2 aliphatic rings. The van der Waals surface area contributed by atoms with E-state index in [1.165, 1.54) is 83.1 Å². The molecule has 0 N–H and O–H groups in total. The Morgan fingerprint density at radius 3 is 1.86 bits per heavy atom. The van der Waals surface area contributed by atoms with Gasteiger partial charge in [-0.1, -0.05) is 149 Å². The summed E-state index contributed by atoms with van der Waals surface area (Å²) in [5.74, 6) is 0. The zero-order chi connectivity index (χ0) is 42.2. The molecule has 2 aromatic heterocycles. The molecular formula is C60H44N2O. The van der Waals surface area contributed by atoms with Gasteiger partial charge in [-0.3, -0.25) is 0 Å². The van der Waals surface area contributed by atoms with Crippen LogP contribution in [0.5, 0.6) is 0 Å². The molecule has 11 aromatic rings. The van der Waals surface area contributed by atoms with Crippen LogP contribution < -0.4 is 4.90 Å². The minimum absolute atomic E-state index is 0.0888. The average Bonchev–Trinajstić information content (AvgIpc) is 4.00. The van der Waals surface area contributed by atoms with Crippen LogP contribution >= 0.6 is 0 Å². The second-order valence-electron chi connectivity index (χ2n) is 18.5. The van der Waals surface area contributed by atoms with Gasteiger partial charge < -0.3 is 13.9 Å². The number of hydrogen-bond donors (Lipinski definition) is 0. The van der Waals surface area contributed by atoms with Crippen LogP contribution in [0, 0.1) is 0 Å². The van der Waals surface area contributed by atoms with E-state index < -0.39 is 0 Å². The number of rotatable bonds is 5. The molecule has 0 unspecified atom stereocenters. The maximum atomic E-state index is 6.49. The van der Waals surface area contributed by atoms with Crippen molar-refractivity contribution in [1.82, 2.24) is 4.57 Å². The molecule has 0 atom stereocenters. The van der Waals surface area contributed by atoms with Gasteiger partial charge in [-0.2, -0.15) is 0 Å². The number of aromatic nitrogens is 1. The van der Waals surface area contributed by atoms with Crippen molar-refractivity contribution in [1.29, 1.82) is 0 Å². The van der Waals surface area contributed by atoms with E-state index in [4.69, 9.17) is 4.42 Å². The summed E-state index contributed by atoms with van der Waals surface area (Å²) in [4.78, 5) is 2.46. The molecule has 300 valence electrons. The highest BCUT2D eigenvalue weighted by atomic mass is 16.3. The zero-order valence-corrected chi connectivity index (χ0v) is 35.8. The highest BCUT2D eigenvalue weighted by molar-refractivity contribution is 6.15. The molecule has 9 aromatic carbocycles. The molecule has 0 amide bonds. The number of fused-ring (bicyclic) bond motifs is 12. The molecule has 0 spiro atoms. The van der Waals surface area contributed by atoms with Crippen molar-refractivity contribution in [2.75, 3.05) is 4.90 Å². The van der Waals surface area contributed by atoms with Gasteiger partial charge in [-0.15, -0.1) is 0 Å². The fourth-order valence-corrected chi connectivity index (χ4v) is 11.3. The number of hydrogen-bond acceptors (Lipinski definition) is 2. The first-order chi connectivity index (χ1) is 30.8. The Hall–Kier alpha value is -7.62. The van der Waals surface area contributed by atoms with Crippen molar-refractivity contribution in [3.8, 4) is 39.1 Å². The Morgan fingerprint density at radius 2 is 1.03 bits per heavy atom. The van der Waals surface area contributed by atoms with Crippen molar-refractivity contribution in [3.63, 3.8) is 0 Å². The van der Waals surface area contributed by atoms with Crippen LogP contribution in [0.3, 0.4) is 0 Å². The van der Waals surface area contributed by atoms with Crippen LogP contribution in [-0.4, -0.2) is 4.57 Å². The minimum atomic E-state index is -0.131. The van der Waals surface area contributed by atoms with Crippen molar-refractivity contribution in [2.24, 2.45) is 0 Å². The number of furan rings is 1. The number of anilines is 3. The summed E-state index contributed by atoms with van der Waals surface area (Å²) in [6, 6.07) is 71.5. The second-order valence-corrected chi connectivity index (χ2v) is 18.5. The fraction of sp³-hybridized carbons (Fsp3) is 0.100. The first-order valence-corrected chi connectivity index (χ1v) is 22.1. The van der Waals surface area contributed by atoms with Crippen LogP contribution in [0.4, 0.5) is 17.1 Å². The van der Waals surface area contributed by atoms with E-state index in [-0.39, 0.29) is 10.8 Å². The topological polar surface area (TPSA) is 21.3 Å². The Kier molecular flexibility index (Phi) is 7.42. The van der Waals surface area contributed by atoms with E-state index in [1.807, 2.05) is 6.07 Å². The van der Waals surface area contributed by atoms with Crippen molar-refractivity contribution >= 4 is 60.8 Å². The summed E-state index contributed by atoms with van der Waals surface area (Å²) >= 11 is 0. The standard InChI is InChI=1S/C60H44N2O/c1-59(2)48-22-12-9-19-42(48)57-49(59)23-14-24-52(57)62(53-25-15-27-56-58(53)43-20-10-13-26-55(43)63-56)40-31-28-37(29-32-40)38-30-33-51-45(34-38)46-35-44-41-18-8-11-21-47(41)60(3,4)50(44)36-54(46)61(51)39-16-6-5-7-17-39/h5-36H,1-4H3. The summed E-state index contributed by atoms with van der Waals surface area (Å²) in [6.07, 6.45) is 0. The van der Waals surface area contributed by atoms with Crippen molar-refractivity contribution < 1.29 is 4.42 Å². The maximum absolute atomic E-state index is 6.49. The summed E-state index contributed by atoms with van der Waals surface area (Å²) in [5.41, 5.74) is 21.6. The molecule has 63 heavy (non-hydrogen) atoms. The maximum Gasteiger partial charge on any atom is 0.137 e. The van der Waals surface area contributed by atoms with Gasteiger partial charge in [0, 0.05) is 43.9 Å². The monoisotopic (exact) mass is 808 g/mol. The normalized spacial score (nSPS) is 14.3. The molecule has 3 nitrogen and oxygen atoms in total. The van der Waals surface area contributed by atoms with Crippen LogP contribution in [0.25, 0.3) is 82.8 Å². The smallest absolute Gasteiger partial charge is 0.137 e. The third-order valence-electron chi connectivity index (χ3n) is 14.4. The Labute approximate surface area is 367 Å².